The molecule has 6 aromatic carbocycles. The van der Waals surface area contributed by atoms with Crippen LogP contribution in [0.25, 0.3) is 11.1 Å². The number of ether oxygens (including phenoxy) is 4. The molecule has 0 aliphatic heterocycles. The minimum Gasteiger partial charge on any atom is -0.445 e. The Morgan fingerprint density at radius 2 is 0.732 bits per heavy atom. The second kappa shape index (κ2) is 15.0. The first-order chi connectivity index (χ1) is 27.3. The predicted octanol–water partition coefficient (Wildman–Crippen LogP) is 9.63. The fraction of sp³-hybridized carbons (Fsp3) is 0.0417. The summed E-state index contributed by atoms with van der Waals surface area (Å²) in [6.45, 7) is 0. The van der Waals surface area contributed by atoms with Gasteiger partial charge in [0.1, 0.15) is 23.0 Å². The first-order valence-corrected chi connectivity index (χ1v) is 18.1. The number of hydrogen-bond donors (Lipinski definition) is 4. The van der Waals surface area contributed by atoms with Crippen molar-refractivity contribution in [3.05, 3.63) is 216 Å². The monoisotopic (exact) mass is 736 g/mol. The molecule has 2 aliphatic rings. The van der Waals surface area contributed by atoms with Crippen molar-refractivity contribution in [2.24, 2.45) is 0 Å². The molecule has 0 heterocycles. The minimum absolute atomic E-state index is 0.568. The van der Waals surface area contributed by atoms with Gasteiger partial charge in [0.25, 0.3) is 11.6 Å². The van der Waals surface area contributed by atoms with Crippen LogP contribution in [0.4, 0.5) is 22.7 Å². The molecule has 0 saturated heterocycles. The van der Waals surface area contributed by atoms with Crippen LogP contribution >= 0.6 is 0 Å². The number of benzene rings is 6. The number of allylic oxidation sites excluding steroid dienone is 6. The van der Waals surface area contributed by atoms with Crippen LogP contribution in [-0.4, -0.2) is 11.6 Å². The summed E-state index contributed by atoms with van der Waals surface area (Å²) in [6, 6.07) is 49.3. The van der Waals surface area contributed by atoms with E-state index < -0.39 is 11.6 Å². The molecule has 0 spiro atoms. The van der Waals surface area contributed by atoms with Crippen LogP contribution in [0.3, 0.4) is 0 Å². The number of anilines is 4. The molecule has 0 atom stereocenters. The van der Waals surface area contributed by atoms with E-state index in [-0.39, 0.29) is 0 Å². The van der Waals surface area contributed by atoms with Gasteiger partial charge < -0.3 is 41.9 Å². The van der Waals surface area contributed by atoms with Crippen molar-refractivity contribution < 1.29 is 18.9 Å². The van der Waals surface area contributed by atoms with Crippen LogP contribution in [0.5, 0.6) is 23.0 Å². The third kappa shape index (κ3) is 7.58. The lowest BCUT2D eigenvalue weighted by atomic mass is 9.78. The fourth-order valence-electron chi connectivity index (χ4n) is 6.68. The van der Waals surface area contributed by atoms with E-state index in [1.807, 2.05) is 121 Å². The van der Waals surface area contributed by atoms with E-state index in [4.69, 9.17) is 41.9 Å². The summed E-state index contributed by atoms with van der Waals surface area (Å²) in [5, 5.41) is 0. The van der Waals surface area contributed by atoms with E-state index in [0.717, 1.165) is 33.4 Å². The van der Waals surface area contributed by atoms with Crippen LogP contribution in [-0.2, 0) is 0 Å². The Hall–Kier alpha value is -7.58. The molecule has 276 valence electrons. The average molecular weight is 737 g/mol. The molecule has 0 amide bonds. The van der Waals surface area contributed by atoms with Gasteiger partial charge in [0.2, 0.25) is 0 Å². The molecular weight excluding hydrogens is 697 g/mol. The first kappa shape index (κ1) is 35.4. The molecule has 8 nitrogen and oxygen atoms in total. The smallest absolute Gasteiger partial charge is 0.299 e. The van der Waals surface area contributed by atoms with E-state index in [1.165, 1.54) is 0 Å². The van der Waals surface area contributed by atoms with E-state index >= 15 is 0 Å². The number of nitrogen functional groups attached to an aromatic ring is 4. The minimum atomic E-state index is -1.45. The molecule has 56 heavy (non-hydrogen) atoms. The normalized spacial score (nSPS) is 15.4. The standard InChI is InChI=1S/C48H40N4O4/c49-36-11-19-40(20-12-36)53-47(54-41-21-13-37(50)14-22-41)30-27-33(28-31-47)44-29-32-48(55-42-23-15-38(51)16-24-42,56-43-25-17-39(52)18-26-43)46(35-9-5-2-6-10-35)45(44)34-7-3-1-4-8-34/h1-32H,49-52H2. The van der Waals surface area contributed by atoms with Crippen molar-refractivity contribution >= 4 is 33.9 Å². The quantitative estimate of drug-likeness (QED) is 0.0805. The Bertz CT molecular complexity index is 2360. The van der Waals surface area contributed by atoms with Crippen molar-refractivity contribution in [3.8, 4) is 23.0 Å². The van der Waals surface area contributed by atoms with Gasteiger partial charge in [0, 0.05) is 46.6 Å². The lowest BCUT2D eigenvalue weighted by molar-refractivity contribution is -0.0283. The zero-order valence-electron chi connectivity index (χ0n) is 30.4. The zero-order valence-corrected chi connectivity index (χ0v) is 30.4. The van der Waals surface area contributed by atoms with E-state index in [1.54, 1.807) is 48.5 Å². The highest BCUT2D eigenvalue weighted by Crippen LogP contribution is 2.48. The molecular formula is C48H40N4O4. The van der Waals surface area contributed by atoms with Gasteiger partial charge in [-0.3, -0.25) is 0 Å². The summed E-state index contributed by atoms with van der Waals surface area (Å²) < 4.78 is 27.1. The van der Waals surface area contributed by atoms with Crippen LogP contribution in [0.1, 0.15) is 11.1 Å². The molecule has 0 unspecified atom stereocenters. The fourth-order valence-corrected chi connectivity index (χ4v) is 6.68. The second-order valence-electron chi connectivity index (χ2n) is 13.4. The Labute approximate surface area is 325 Å². The molecule has 0 saturated carbocycles. The largest absolute Gasteiger partial charge is 0.445 e. The van der Waals surface area contributed by atoms with Crippen LogP contribution < -0.4 is 41.9 Å². The lowest BCUT2D eigenvalue weighted by Crippen LogP contribution is -2.44. The first-order valence-electron chi connectivity index (χ1n) is 18.1. The Morgan fingerprint density at radius 3 is 1.14 bits per heavy atom. The van der Waals surface area contributed by atoms with Crippen molar-refractivity contribution in [1.82, 2.24) is 0 Å². The summed E-state index contributed by atoms with van der Waals surface area (Å²) in [4.78, 5) is 0. The van der Waals surface area contributed by atoms with Crippen LogP contribution in [0, 0.1) is 0 Å². The van der Waals surface area contributed by atoms with Crippen molar-refractivity contribution in [2.45, 2.75) is 11.6 Å². The molecule has 8 N–H and O–H groups in total. The summed E-state index contributed by atoms with van der Waals surface area (Å²) >= 11 is 0. The predicted molar refractivity (Wildman–Crippen MR) is 226 cm³/mol. The summed E-state index contributed by atoms with van der Waals surface area (Å²) in [7, 11) is 0. The topological polar surface area (TPSA) is 141 Å². The van der Waals surface area contributed by atoms with E-state index in [9.17, 15) is 0 Å². The zero-order chi connectivity index (χ0) is 38.5. The maximum absolute atomic E-state index is 7.00. The van der Waals surface area contributed by atoms with Gasteiger partial charge in [-0.25, -0.2) is 0 Å². The number of hydrogen-bond acceptors (Lipinski definition) is 8. The van der Waals surface area contributed by atoms with Crippen molar-refractivity contribution in [2.75, 3.05) is 22.9 Å². The van der Waals surface area contributed by atoms with Gasteiger partial charge in [0.05, 0.1) is 5.57 Å². The number of nitrogens with two attached hydrogens (primary N) is 4. The molecule has 0 fully saturated rings. The number of rotatable bonds is 10. The maximum Gasteiger partial charge on any atom is 0.299 e. The van der Waals surface area contributed by atoms with Crippen LogP contribution in [0.15, 0.2) is 205 Å². The van der Waals surface area contributed by atoms with Gasteiger partial charge >= 0.3 is 0 Å². The van der Waals surface area contributed by atoms with E-state index in [0.29, 0.717) is 45.7 Å². The Balaban J connectivity index is 1.32. The molecule has 8 heteroatoms. The summed E-state index contributed by atoms with van der Waals surface area (Å²) in [5.41, 5.74) is 32.0. The Kier molecular flexibility index (Phi) is 9.52. The molecule has 2 aliphatic carbocycles. The highest BCUT2D eigenvalue weighted by atomic mass is 16.7. The van der Waals surface area contributed by atoms with E-state index in [2.05, 4.69) is 24.3 Å². The second-order valence-corrected chi connectivity index (χ2v) is 13.4. The van der Waals surface area contributed by atoms with Gasteiger partial charge in [-0.15, -0.1) is 0 Å². The van der Waals surface area contributed by atoms with Gasteiger partial charge in [0.15, 0.2) is 0 Å². The summed E-state index contributed by atoms with van der Waals surface area (Å²) in [6.07, 6.45) is 11.8. The highest BCUT2D eigenvalue weighted by Gasteiger charge is 2.44. The average Bonchev–Trinajstić information content (AvgIpc) is 3.22. The maximum atomic E-state index is 7.00. The van der Waals surface area contributed by atoms with Crippen LogP contribution in [0.2, 0.25) is 0 Å². The summed E-state index contributed by atoms with van der Waals surface area (Å²) in [5.74, 6) is -0.452. The lowest BCUT2D eigenvalue weighted by Gasteiger charge is -2.39. The van der Waals surface area contributed by atoms with Crippen molar-refractivity contribution in [3.63, 3.8) is 0 Å². The van der Waals surface area contributed by atoms with Gasteiger partial charge in [-0.1, -0.05) is 72.8 Å². The van der Waals surface area contributed by atoms with Gasteiger partial charge in [-0.2, -0.15) is 0 Å². The molecule has 6 aromatic rings. The van der Waals surface area contributed by atoms with Crippen molar-refractivity contribution in [1.29, 1.82) is 0 Å². The van der Waals surface area contributed by atoms with Gasteiger partial charge in [-0.05, 0) is 125 Å². The Morgan fingerprint density at radius 1 is 0.357 bits per heavy atom. The third-order valence-electron chi connectivity index (χ3n) is 9.38. The highest BCUT2D eigenvalue weighted by molar-refractivity contribution is 6.05. The molecule has 0 bridgehead atoms. The molecule has 8 rings (SSSR count). The SMILES string of the molecule is Nc1ccc(OC2(Oc3ccc(N)cc3)C=CC(=C3C=CC(Oc4ccc(N)cc4)(Oc4ccc(N)cc4)C(c4ccccc4)=C3c3ccccc3)C=C2)cc1. The third-order valence-corrected chi connectivity index (χ3v) is 9.38. The molecule has 0 radical (unpaired) electrons. The molecule has 0 aromatic heterocycles.